The minimum absolute atomic E-state index is 0.106. The molecule has 8 heteroatoms. The summed E-state index contributed by atoms with van der Waals surface area (Å²) >= 11 is 1.36. The smallest absolute Gasteiger partial charge is 0.352 e. The van der Waals surface area contributed by atoms with Crippen LogP contribution in [0, 0.1) is 10.1 Å². The Bertz CT molecular complexity index is 561. The summed E-state index contributed by atoms with van der Waals surface area (Å²) in [6, 6.07) is 1.05. The highest BCUT2D eigenvalue weighted by Crippen LogP contribution is 2.19. The minimum Gasteiger partial charge on any atom is -0.477 e. The van der Waals surface area contributed by atoms with E-state index in [1.165, 1.54) is 22.1 Å². The third kappa shape index (κ3) is 2.31. The normalized spacial score (nSPS) is 10.4. The van der Waals surface area contributed by atoms with E-state index in [0.717, 1.165) is 10.9 Å². The summed E-state index contributed by atoms with van der Waals surface area (Å²) in [4.78, 5) is 25.6. The number of carbonyl (C=O) groups is 1. The summed E-state index contributed by atoms with van der Waals surface area (Å²) in [6.07, 6.45) is 2.81. The molecule has 0 aliphatic rings. The number of carboxylic acids is 1. The van der Waals surface area contributed by atoms with Crippen molar-refractivity contribution in [2.75, 3.05) is 0 Å². The molecular formula is C9H7N3O4S. The van der Waals surface area contributed by atoms with Crippen LogP contribution in [0.4, 0.5) is 5.69 Å². The van der Waals surface area contributed by atoms with Crippen molar-refractivity contribution in [3.63, 3.8) is 0 Å². The summed E-state index contributed by atoms with van der Waals surface area (Å²) in [5.74, 6) is -1.19. The van der Waals surface area contributed by atoms with Crippen molar-refractivity contribution in [3.8, 4) is 0 Å². The van der Waals surface area contributed by atoms with E-state index in [4.69, 9.17) is 5.11 Å². The summed E-state index contributed by atoms with van der Waals surface area (Å²) < 4.78 is 1.33. The molecule has 2 aromatic rings. The molecule has 0 saturated carbocycles. The fraction of sp³-hybridized carbons (Fsp3) is 0.111. The Kier molecular flexibility index (Phi) is 2.88. The van der Waals surface area contributed by atoms with Crippen LogP contribution in [-0.2, 0) is 6.54 Å². The average Bonchev–Trinajstić information content (AvgIpc) is 2.87. The molecule has 0 saturated heterocycles. The Labute approximate surface area is 99.1 Å². The van der Waals surface area contributed by atoms with Crippen molar-refractivity contribution >= 4 is 23.0 Å². The van der Waals surface area contributed by atoms with Crippen LogP contribution in [0.5, 0.6) is 0 Å². The summed E-state index contributed by atoms with van der Waals surface area (Å²) in [5.41, 5.74) is 1.28. The molecule has 0 bridgehead atoms. The van der Waals surface area contributed by atoms with Gasteiger partial charge in [0.05, 0.1) is 23.2 Å². The highest BCUT2D eigenvalue weighted by Gasteiger charge is 2.18. The van der Waals surface area contributed by atoms with Gasteiger partial charge in [-0.25, -0.2) is 4.79 Å². The molecule has 0 radical (unpaired) electrons. The van der Waals surface area contributed by atoms with Crippen LogP contribution < -0.4 is 0 Å². The van der Waals surface area contributed by atoms with E-state index in [-0.39, 0.29) is 17.9 Å². The minimum atomic E-state index is -1.19. The molecule has 0 unspecified atom stereocenters. The zero-order valence-electron chi connectivity index (χ0n) is 8.44. The van der Waals surface area contributed by atoms with Gasteiger partial charge in [0.2, 0.25) is 0 Å². The van der Waals surface area contributed by atoms with Gasteiger partial charge in [-0.2, -0.15) is 0 Å². The number of nitrogens with zero attached hydrogens (tertiary/aromatic N) is 3. The van der Waals surface area contributed by atoms with Crippen LogP contribution in [0.15, 0.2) is 24.0 Å². The molecule has 2 heterocycles. The topological polar surface area (TPSA) is 98.3 Å². The number of rotatable bonds is 4. The molecule has 0 aliphatic carbocycles. The van der Waals surface area contributed by atoms with E-state index >= 15 is 0 Å². The van der Waals surface area contributed by atoms with Gasteiger partial charge in [0, 0.05) is 17.1 Å². The number of thiazole rings is 1. The molecule has 88 valence electrons. The zero-order valence-corrected chi connectivity index (χ0v) is 9.25. The van der Waals surface area contributed by atoms with E-state index in [9.17, 15) is 14.9 Å². The van der Waals surface area contributed by atoms with Gasteiger partial charge in [-0.15, -0.1) is 11.3 Å². The number of nitro groups is 1. The SMILES string of the molecule is O=C(O)c1cc([N+](=O)[O-])cn1Cc1cncs1. The fourth-order valence-corrected chi connectivity index (χ4v) is 1.99. The molecule has 2 aromatic heterocycles. The van der Waals surface area contributed by atoms with Crippen LogP contribution in [0.2, 0.25) is 0 Å². The van der Waals surface area contributed by atoms with Crippen molar-refractivity contribution in [2.45, 2.75) is 6.54 Å². The Morgan fingerprint density at radius 3 is 2.94 bits per heavy atom. The lowest BCUT2D eigenvalue weighted by Crippen LogP contribution is -2.07. The molecule has 0 aliphatic heterocycles. The highest BCUT2D eigenvalue weighted by molar-refractivity contribution is 7.09. The third-order valence-corrected chi connectivity index (χ3v) is 2.89. The van der Waals surface area contributed by atoms with E-state index < -0.39 is 10.9 Å². The maximum absolute atomic E-state index is 10.9. The lowest BCUT2D eigenvalue weighted by Gasteiger charge is -2.01. The quantitative estimate of drug-likeness (QED) is 0.659. The second kappa shape index (κ2) is 4.34. The molecular weight excluding hydrogens is 246 g/mol. The van der Waals surface area contributed by atoms with Gasteiger partial charge in [-0.1, -0.05) is 0 Å². The van der Waals surface area contributed by atoms with Crippen molar-refractivity contribution in [2.24, 2.45) is 0 Å². The first-order valence-corrected chi connectivity index (χ1v) is 5.41. The second-order valence-corrected chi connectivity index (χ2v) is 4.21. The van der Waals surface area contributed by atoms with Crippen LogP contribution >= 0.6 is 11.3 Å². The zero-order chi connectivity index (χ0) is 12.4. The van der Waals surface area contributed by atoms with E-state index in [0.29, 0.717) is 0 Å². The van der Waals surface area contributed by atoms with Gasteiger partial charge in [-0.3, -0.25) is 15.1 Å². The van der Waals surface area contributed by atoms with E-state index in [1.54, 1.807) is 11.7 Å². The van der Waals surface area contributed by atoms with E-state index in [2.05, 4.69) is 4.98 Å². The first-order valence-electron chi connectivity index (χ1n) is 4.53. The van der Waals surface area contributed by atoms with Crippen LogP contribution in [-0.4, -0.2) is 25.6 Å². The molecule has 0 aromatic carbocycles. The lowest BCUT2D eigenvalue weighted by atomic mass is 10.4. The number of aromatic nitrogens is 2. The second-order valence-electron chi connectivity index (χ2n) is 3.24. The number of hydrogen-bond donors (Lipinski definition) is 1. The fourth-order valence-electron chi connectivity index (χ4n) is 1.39. The van der Waals surface area contributed by atoms with Crippen LogP contribution in [0.1, 0.15) is 15.4 Å². The van der Waals surface area contributed by atoms with Crippen molar-refractivity contribution in [1.29, 1.82) is 0 Å². The van der Waals surface area contributed by atoms with Crippen molar-refractivity contribution in [1.82, 2.24) is 9.55 Å². The maximum Gasteiger partial charge on any atom is 0.352 e. The first-order chi connectivity index (χ1) is 8.08. The van der Waals surface area contributed by atoms with Gasteiger partial charge >= 0.3 is 5.97 Å². The van der Waals surface area contributed by atoms with Crippen LogP contribution in [0.3, 0.4) is 0 Å². The molecule has 0 spiro atoms. The largest absolute Gasteiger partial charge is 0.477 e. The van der Waals surface area contributed by atoms with E-state index in [1.807, 2.05) is 0 Å². The summed E-state index contributed by atoms with van der Waals surface area (Å²) in [5, 5.41) is 19.5. The first kappa shape index (κ1) is 11.3. The summed E-state index contributed by atoms with van der Waals surface area (Å²) in [7, 11) is 0. The van der Waals surface area contributed by atoms with Gasteiger partial charge in [0.15, 0.2) is 0 Å². The van der Waals surface area contributed by atoms with Gasteiger partial charge in [-0.05, 0) is 0 Å². The number of carboxylic acid groups (broad SMARTS) is 1. The van der Waals surface area contributed by atoms with Crippen molar-refractivity contribution in [3.05, 3.63) is 44.7 Å². The predicted octanol–water partition coefficient (Wildman–Crippen LogP) is 1.60. The molecule has 17 heavy (non-hydrogen) atoms. The Balaban J connectivity index is 2.37. The van der Waals surface area contributed by atoms with Crippen LogP contribution in [0.25, 0.3) is 0 Å². The third-order valence-electron chi connectivity index (χ3n) is 2.12. The molecule has 2 rings (SSSR count). The Morgan fingerprint density at radius 1 is 1.65 bits per heavy atom. The molecule has 0 fully saturated rings. The average molecular weight is 253 g/mol. The van der Waals surface area contributed by atoms with Crippen molar-refractivity contribution < 1.29 is 14.8 Å². The van der Waals surface area contributed by atoms with Gasteiger partial charge < -0.3 is 9.67 Å². The molecule has 7 nitrogen and oxygen atoms in total. The molecule has 1 N–H and O–H groups in total. The number of hydrogen-bond acceptors (Lipinski definition) is 5. The molecule has 0 atom stereocenters. The maximum atomic E-state index is 10.9. The Morgan fingerprint density at radius 2 is 2.41 bits per heavy atom. The predicted molar refractivity (Wildman–Crippen MR) is 59.3 cm³/mol. The van der Waals surface area contributed by atoms with Gasteiger partial charge in [0.25, 0.3) is 5.69 Å². The number of aromatic carboxylic acids is 1. The highest BCUT2D eigenvalue weighted by atomic mass is 32.1. The standard InChI is InChI=1S/C9H7N3O4S/c13-9(14)8-1-6(12(15)16)3-11(8)4-7-2-10-5-17-7/h1-3,5H,4H2,(H,13,14). The lowest BCUT2D eigenvalue weighted by molar-refractivity contribution is -0.384. The Hall–Kier alpha value is -2.22. The molecule has 0 amide bonds. The monoisotopic (exact) mass is 253 g/mol. The summed E-state index contributed by atoms with van der Waals surface area (Å²) in [6.45, 7) is 0.264. The van der Waals surface area contributed by atoms with Gasteiger partial charge in [0.1, 0.15) is 5.69 Å².